The lowest BCUT2D eigenvalue weighted by atomic mass is 10.2. The number of hydrogen-bond acceptors (Lipinski definition) is 4. The molecule has 0 spiro atoms. The van der Waals surface area contributed by atoms with Crippen molar-refractivity contribution < 1.29 is 14.9 Å². The van der Waals surface area contributed by atoms with Crippen LogP contribution in [0.3, 0.4) is 0 Å². The zero-order valence-electron chi connectivity index (χ0n) is 9.11. The van der Waals surface area contributed by atoms with Crippen LogP contribution < -0.4 is 10.1 Å². The summed E-state index contributed by atoms with van der Waals surface area (Å²) in [7, 11) is 1.61. The molecular weight excluding hydrogens is 274 g/mol. The number of nitrogens with one attached hydrogen (secondary N) is 1. The summed E-state index contributed by atoms with van der Waals surface area (Å²) in [5.41, 5.74) is 0.976. The molecule has 1 aromatic carbocycles. The first-order valence-corrected chi connectivity index (χ1v) is 5.78. The molecule has 0 heterocycles. The standard InChI is InChI=1S/C11H16BrNO3/c1-16-11-3-2-9(12)4-8(11)5-13-10(6-14)7-15/h2-4,10,13-15H,5-7H2,1H3. The van der Waals surface area contributed by atoms with Gasteiger partial charge in [-0.05, 0) is 18.2 Å². The number of halogens is 1. The molecule has 0 saturated heterocycles. The molecule has 0 radical (unpaired) electrons. The molecule has 0 unspecified atom stereocenters. The van der Waals surface area contributed by atoms with E-state index in [2.05, 4.69) is 21.2 Å². The van der Waals surface area contributed by atoms with Crippen molar-refractivity contribution >= 4 is 15.9 Å². The third kappa shape index (κ3) is 3.75. The van der Waals surface area contributed by atoms with E-state index in [4.69, 9.17) is 14.9 Å². The molecule has 16 heavy (non-hydrogen) atoms. The van der Waals surface area contributed by atoms with Gasteiger partial charge in [-0.25, -0.2) is 0 Å². The van der Waals surface area contributed by atoms with Gasteiger partial charge in [-0.2, -0.15) is 0 Å². The topological polar surface area (TPSA) is 61.7 Å². The maximum atomic E-state index is 8.92. The Morgan fingerprint density at radius 2 is 2.06 bits per heavy atom. The Balaban J connectivity index is 2.68. The minimum atomic E-state index is -0.302. The normalized spacial score (nSPS) is 10.8. The quantitative estimate of drug-likeness (QED) is 0.728. The number of benzene rings is 1. The molecule has 5 heteroatoms. The Hall–Kier alpha value is -0.620. The lowest BCUT2D eigenvalue weighted by Crippen LogP contribution is -2.35. The summed E-state index contributed by atoms with van der Waals surface area (Å²) in [6.45, 7) is 0.355. The van der Waals surface area contributed by atoms with Gasteiger partial charge in [0.15, 0.2) is 0 Å². The second kappa shape index (κ2) is 6.85. The number of rotatable bonds is 6. The Morgan fingerprint density at radius 3 is 2.62 bits per heavy atom. The average Bonchev–Trinajstić information content (AvgIpc) is 2.30. The molecule has 0 aliphatic heterocycles. The van der Waals surface area contributed by atoms with Gasteiger partial charge in [0, 0.05) is 16.6 Å². The lowest BCUT2D eigenvalue weighted by Gasteiger charge is -2.15. The Labute approximate surface area is 103 Å². The predicted molar refractivity (Wildman–Crippen MR) is 65.5 cm³/mol. The van der Waals surface area contributed by atoms with Crippen LogP contribution in [0.1, 0.15) is 5.56 Å². The van der Waals surface area contributed by atoms with Gasteiger partial charge < -0.3 is 20.3 Å². The highest BCUT2D eigenvalue weighted by Crippen LogP contribution is 2.22. The van der Waals surface area contributed by atoms with Crippen LogP contribution in [0.2, 0.25) is 0 Å². The predicted octanol–water partition coefficient (Wildman–Crippen LogP) is 0.900. The van der Waals surface area contributed by atoms with Gasteiger partial charge in [0.25, 0.3) is 0 Å². The number of aliphatic hydroxyl groups is 2. The molecule has 0 aliphatic rings. The molecule has 1 rings (SSSR count). The summed E-state index contributed by atoms with van der Waals surface area (Å²) in [6.07, 6.45) is 0. The highest BCUT2D eigenvalue weighted by molar-refractivity contribution is 9.10. The summed E-state index contributed by atoms with van der Waals surface area (Å²) < 4.78 is 6.18. The van der Waals surface area contributed by atoms with Crippen molar-refractivity contribution in [2.75, 3.05) is 20.3 Å². The Kier molecular flexibility index (Phi) is 5.76. The molecule has 0 bridgehead atoms. The third-order valence-corrected chi connectivity index (χ3v) is 2.76. The molecule has 90 valence electrons. The highest BCUT2D eigenvalue weighted by Gasteiger charge is 2.08. The van der Waals surface area contributed by atoms with E-state index in [9.17, 15) is 0 Å². The summed E-state index contributed by atoms with van der Waals surface area (Å²) in [6, 6.07) is 5.41. The summed E-state index contributed by atoms with van der Waals surface area (Å²) in [5, 5.41) is 20.9. The van der Waals surface area contributed by atoms with Gasteiger partial charge in [0.1, 0.15) is 5.75 Å². The molecule has 0 amide bonds. The van der Waals surface area contributed by atoms with E-state index in [1.165, 1.54) is 0 Å². The van der Waals surface area contributed by atoms with E-state index in [1.54, 1.807) is 7.11 Å². The zero-order valence-corrected chi connectivity index (χ0v) is 10.7. The fourth-order valence-corrected chi connectivity index (χ4v) is 1.73. The highest BCUT2D eigenvalue weighted by atomic mass is 79.9. The smallest absolute Gasteiger partial charge is 0.123 e. The van der Waals surface area contributed by atoms with Crippen molar-refractivity contribution in [3.63, 3.8) is 0 Å². The maximum absolute atomic E-state index is 8.92. The first kappa shape index (κ1) is 13.4. The molecule has 0 aliphatic carbocycles. The SMILES string of the molecule is COc1ccc(Br)cc1CNC(CO)CO. The van der Waals surface area contributed by atoms with Gasteiger partial charge in [-0.15, -0.1) is 0 Å². The van der Waals surface area contributed by atoms with Crippen molar-refractivity contribution in [1.82, 2.24) is 5.32 Å². The molecule has 3 N–H and O–H groups in total. The van der Waals surface area contributed by atoms with Crippen molar-refractivity contribution in [2.24, 2.45) is 0 Å². The van der Waals surface area contributed by atoms with Crippen LogP contribution in [0.25, 0.3) is 0 Å². The summed E-state index contributed by atoms with van der Waals surface area (Å²) in [4.78, 5) is 0. The number of ether oxygens (including phenoxy) is 1. The lowest BCUT2D eigenvalue weighted by molar-refractivity contribution is 0.170. The van der Waals surface area contributed by atoms with Crippen molar-refractivity contribution in [3.8, 4) is 5.75 Å². The maximum Gasteiger partial charge on any atom is 0.123 e. The van der Waals surface area contributed by atoms with E-state index >= 15 is 0 Å². The molecule has 0 fully saturated rings. The molecule has 0 atom stereocenters. The van der Waals surface area contributed by atoms with Crippen LogP contribution in [-0.4, -0.2) is 36.6 Å². The first-order valence-electron chi connectivity index (χ1n) is 4.98. The largest absolute Gasteiger partial charge is 0.496 e. The van der Waals surface area contributed by atoms with Gasteiger partial charge in [-0.3, -0.25) is 0 Å². The van der Waals surface area contributed by atoms with Gasteiger partial charge in [0.2, 0.25) is 0 Å². The third-order valence-electron chi connectivity index (χ3n) is 2.26. The number of methoxy groups -OCH3 is 1. The summed E-state index contributed by atoms with van der Waals surface area (Å²) >= 11 is 3.38. The second-order valence-electron chi connectivity index (χ2n) is 3.40. The minimum Gasteiger partial charge on any atom is -0.496 e. The first-order chi connectivity index (χ1) is 7.71. The van der Waals surface area contributed by atoms with Crippen LogP contribution >= 0.6 is 15.9 Å². The number of aliphatic hydroxyl groups excluding tert-OH is 2. The van der Waals surface area contributed by atoms with Crippen LogP contribution in [-0.2, 0) is 6.54 Å². The Bertz CT molecular complexity index is 329. The van der Waals surface area contributed by atoms with Crippen molar-refractivity contribution in [1.29, 1.82) is 0 Å². The minimum absolute atomic E-state index is 0.0905. The fourth-order valence-electron chi connectivity index (χ4n) is 1.33. The van der Waals surface area contributed by atoms with Crippen LogP contribution in [0.15, 0.2) is 22.7 Å². The van der Waals surface area contributed by atoms with Crippen molar-refractivity contribution in [3.05, 3.63) is 28.2 Å². The van der Waals surface area contributed by atoms with Gasteiger partial charge in [0.05, 0.1) is 26.4 Å². The molecule has 4 nitrogen and oxygen atoms in total. The van der Waals surface area contributed by atoms with E-state index < -0.39 is 0 Å². The van der Waals surface area contributed by atoms with Gasteiger partial charge >= 0.3 is 0 Å². The van der Waals surface area contributed by atoms with Crippen LogP contribution in [0, 0.1) is 0 Å². The van der Waals surface area contributed by atoms with E-state index in [-0.39, 0.29) is 19.3 Å². The number of hydrogen-bond donors (Lipinski definition) is 3. The van der Waals surface area contributed by atoms with E-state index in [0.717, 1.165) is 15.8 Å². The second-order valence-corrected chi connectivity index (χ2v) is 4.31. The average molecular weight is 290 g/mol. The fraction of sp³-hybridized carbons (Fsp3) is 0.455. The molecule has 1 aromatic rings. The molecular formula is C11H16BrNO3. The zero-order chi connectivity index (χ0) is 12.0. The van der Waals surface area contributed by atoms with Crippen LogP contribution in [0.5, 0.6) is 5.75 Å². The molecule has 0 saturated carbocycles. The molecule has 0 aromatic heterocycles. The van der Waals surface area contributed by atoms with E-state index in [0.29, 0.717) is 6.54 Å². The van der Waals surface area contributed by atoms with Gasteiger partial charge in [-0.1, -0.05) is 15.9 Å². The monoisotopic (exact) mass is 289 g/mol. The van der Waals surface area contributed by atoms with E-state index in [1.807, 2.05) is 18.2 Å². The summed E-state index contributed by atoms with van der Waals surface area (Å²) in [5.74, 6) is 0.783. The van der Waals surface area contributed by atoms with Crippen LogP contribution in [0.4, 0.5) is 0 Å². The van der Waals surface area contributed by atoms with Crippen molar-refractivity contribution in [2.45, 2.75) is 12.6 Å². The Morgan fingerprint density at radius 1 is 1.38 bits per heavy atom.